The minimum Gasteiger partial charge on any atom is -0.496 e. The number of nitrogens with zero attached hydrogens (tertiary/aromatic N) is 3. The molecule has 2 aromatic heterocycles. The molecule has 0 radical (unpaired) electrons. The average molecular weight is 339 g/mol. The number of aromatic nitrogens is 3. The number of fused-ring (bicyclic) bond motifs is 5. The third-order valence-electron chi connectivity index (χ3n) is 5.41. The molecule has 2 bridgehead atoms. The first-order valence-electron chi connectivity index (χ1n) is 8.32. The molecule has 128 valence electrons. The number of hydrogen-bond acceptors (Lipinski definition) is 5. The van der Waals surface area contributed by atoms with E-state index < -0.39 is 0 Å². The summed E-state index contributed by atoms with van der Waals surface area (Å²) >= 11 is 0. The number of oxazole rings is 1. The van der Waals surface area contributed by atoms with E-state index in [1.165, 1.54) is 17.2 Å². The summed E-state index contributed by atoms with van der Waals surface area (Å²) in [4.78, 5) is 17.0. The molecule has 3 heterocycles. The lowest BCUT2D eigenvalue weighted by molar-refractivity contribution is 0.414. The second-order valence-corrected chi connectivity index (χ2v) is 6.62. The van der Waals surface area contributed by atoms with Crippen LogP contribution in [0.25, 0.3) is 16.9 Å². The second kappa shape index (κ2) is 5.02. The largest absolute Gasteiger partial charge is 0.496 e. The van der Waals surface area contributed by atoms with Gasteiger partial charge in [0, 0.05) is 23.6 Å². The van der Waals surface area contributed by atoms with Crippen LogP contribution in [-0.4, -0.2) is 26.3 Å². The van der Waals surface area contributed by atoms with Crippen molar-refractivity contribution in [2.24, 2.45) is 0 Å². The van der Waals surface area contributed by atoms with Crippen LogP contribution in [0.15, 0.2) is 40.1 Å². The molecule has 7 heteroatoms. The van der Waals surface area contributed by atoms with E-state index >= 15 is 0 Å². The Morgan fingerprint density at radius 2 is 2.24 bits per heavy atom. The average Bonchev–Trinajstić information content (AvgIpc) is 3.39. The number of rotatable bonds is 3. The first kappa shape index (κ1) is 14.4. The molecular weight excluding hydrogens is 322 g/mol. The van der Waals surface area contributed by atoms with E-state index in [1.807, 2.05) is 6.07 Å². The molecule has 2 atom stereocenters. The fourth-order valence-electron chi connectivity index (χ4n) is 4.31. The molecule has 0 spiro atoms. The maximum atomic E-state index is 12.9. The highest BCUT2D eigenvalue weighted by molar-refractivity contribution is 5.68. The summed E-state index contributed by atoms with van der Waals surface area (Å²) < 4.78 is 13.6. The SMILES string of the molecule is COc1cc(-n2c(O)c3n(c2=O)[C@H]2CC[C@@H]3C2)ccc1-c1cocn1. The van der Waals surface area contributed by atoms with Gasteiger partial charge in [0.05, 0.1) is 18.5 Å². The van der Waals surface area contributed by atoms with E-state index in [0.29, 0.717) is 17.1 Å². The lowest BCUT2D eigenvalue weighted by Crippen LogP contribution is -2.25. The first-order chi connectivity index (χ1) is 12.2. The van der Waals surface area contributed by atoms with Crippen LogP contribution in [0.5, 0.6) is 11.6 Å². The van der Waals surface area contributed by atoms with E-state index in [-0.39, 0.29) is 23.5 Å². The van der Waals surface area contributed by atoms with Gasteiger partial charge in [0.1, 0.15) is 17.7 Å². The van der Waals surface area contributed by atoms with Crippen molar-refractivity contribution >= 4 is 0 Å². The number of benzene rings is 1. The van der Waals surface area contributed by atoms with Gasteiger partial charge in [-0.3, -0.25) is 4.57 Å². The molecule has 5 rings (SSSR count). The van der Waals surface area contributed by atoms with Crippen LogP contribution >= 0.6 is 0 Å². The van der Waals surface area contributed by atoms with Crippen molar-refractivity contribution < 1.29 is 14.3 Å². The smallest absolute Gasteiger partial charge is 0.336 e. The summed E-state index contributed by atoms with van der Waals surface area (Å²) in [5, 5.41) is 10.7. The third kappa shape index (κ3) is 1.86. The van der Waals surface area contributed by atoms with Crippen molar-refractivity contribution in [1.29, 1.82) is 0 Å². The van der Waals surface area contributed by atoms with E-state index in [1.54, 1.807) is 23.8 Å². The Bertz CT molecular complexity index is 1020. The zero-order valence-electron chi connectivity index (χ0n) is 13.7. The maximum Gasteiger partial charge on any atom is 0.336 e. The van der Waals surface area contributed by atoms with Gasteiger partial charge in [-0.25, -0.2) is 14.3 Å². The van der Waals surface area contributed by atoms with Crippen molar-refractivity contribution in [2.75, 3.05) is 7.11 Å². The molecular formula is C18H17N3O4. The number of methoxy groups -OCH3 is 1. The lowest BCUT2D eigenvalue weighted by atomic mass is 10.1. The Kier molecular flexibility index (Phi) is 2.89. The Morgan fingerprint density at radius 3 is 2.96 bits per heavy atom. The monoisotopic (exact) mass is 339 g/mol. The normalized spacial score (nSPS) is 20.8. The summed E-state index contributed by atoms with van der Waals surface area (Å²) in [6.07, 6.45) is 5.90. The van der Waals surface area contributed by atoms with Crippen LogP contribution in [-0.2, 0) is 0 Å². The highest BCUT2D eigenvalue weighted by Gasteiger charge is 2.42. The number of ether oxygens (including phenoxy) is 1. The van der Waals surface area contributed by atoms with Crippen LogP contribution in [0, 0.1) is 0 Å². The molecule has 3 aromatic rings. The van der Waals surface area contributed by atoms with Crippen molar-refractivity contribution in [3.05, 3.63) is 47.0 Å². The minimum atomic E-state index is -0.184. The highest BCUT2D eigenvalue weighted by Crippen LogP contribution is 2.51. The molecule has 1 fully saturated rings. The summed E-state index contributed by atoms with van der Waals surface area (Å²) in [5.74, 6) is 0.899. The van der Waals surface area contributed by atoms with Gasteiger partial charge in [-0.15, -0.1) is 0 Å². The zero-order valence-corrected chi connectivity index (χ0v) is 13.7. The van der Waals surface area contributed by atoms with Gasteiger partial charge in [-0.05, 0) is 31.4 Å². The number of aromatic hydroxyl groups is 1. The fourth-order valence-corrected chi connectivity index (χ4v) is 4.31. The van der Waals surface area contributed by atoms with Gasteiger partial charge in [0.2, 0.25) is 5.88 Å². The quantitative estimate of drug-likeness (QED) is 0.793. The van der Waals surface area contributed by atoms with E-state index in [9.17, 15) is 9.90 Å². The van der Waals surface area contributed by atoms with Crippen molar-refractivity contribution in [2.45, 2.75) is 31.2 Å². The first-order valence-corrected chi connectivity index (χ1v) is 8.32. The highest BCUT2D eigenvalue weighted by atomic mass is 16.5. The number of hydrogen-bond donors (Lipinski definition) is 1. The van der Waals surface area contributed by atoms with E-state index in [4.69, 9.17) is 9.15 Å². The van der Waals surface area contributed by atoms with Crippen molar-refractivity contribution in [3.63, 3.8) is 0 Å². The van der Waals surface area contributed by atoms with Crippen LogP contribution in [0.2, 0.25) is 0 Å². The molecule has 1 aliphatic carbocycles. The topological polar surface area (TPSA) is 82.4 Å². The van der Waals surface area contributed by atoms with E-state index in [2.05, 4.69) is 4.98 Å². The fraction of sp³-hybridized carbons (Fsp3) is 0.333. The van der Waals surface area contributed by atoms with Crippen LogP contribution < -0.4 is 10.4 Å². The molecule has 2 aliphatic rings. The van der Waals surface area contributed by atoms with Crippen LogP contribution in [0.4, 0.5) is 0 Å². The maximum absolute atomic E-state index is 12.9. The molecule has 25 heavy (non-hydrogen) atoms. The summed E-state index contributed by atoms with van der Waals surface area (Å²) in [5.41, 5.74) is 2.58. The van der Waals surface area contributed by atoms with Crippen molar-refractivity contribution in [3.8, 4) is 28.6 Å². The zero-order chi connectivity index (χ0) is 17.1. The predicted octanol–water partition coefficient (Wildman–Crippen LogP) is 2.83. The number of imidazole rings is 1. The minimum absolute atomic E-state index is 0.0495. The Morgan fingerprint density at radius 1 is 1.36 bits per heavy atom. The summed E-state index contributed by atoms with van der Waals surface area (Å²) in [6, 6.07) is 5.56. The summed E-state index contributed by atoms with van der Waals surface area (Å²) in [6.45, 7) is 0. The Balaban J connectivity index is 1.67. The van der Waals surface area contributed by atoms with Gasteiger partial charge in [-0.1, -0.05) is 0 Å². The van der Waals surface area contributed by atoms with Gasteiger partial charge in [0.15, 0.2) is 6.39 Å². The van der Waals surface area contributed by atoms with Crippen molar-refractivity contribution in [1.82, 2.24) is 14.1 Å². The van der Waals surface area contributed by atoms with Gasteiger partial charge >= 0.3 is 5.69 Å². The molecule has 0 unspecified atom stereocenters. The van der Waals surface area contributed by atoms with Gasteiger partial charge < -0.3 is 14.3 Å². The van der Waals surface area contributed by atoms with Gasteiger partial charge in [-0.2, -0.15) is 0 Å². The lowest BCUT2D eigenvalue weighted by Gasteiger charge is -2.11. The summed E-state index contributed by atoms with van der Waals surface area (Å²) in [7, 11) is 1.56. The third-order valence-corrected chi connectivity index (χ3v) is 5.41. The molecule has 1 saturated carbocycles. The Hall–Kier alpha value is -2.96. The van der Waals surface area contributed by atoms with Crippen LogP contribution in [0.1, 0.15) is 36.9 Å². The molecule has 0 amide bonds. The second-order valence-electron chi connectivity index (χ2n) is 6.62. The van der Waals surface area contributed by atoms with Crippen LogP contribution in [0.3, 0.4) is 0 Å². The predicted molar refractivity (Wildman–Crippen MR) is 89.4 cm³/mol. The Labute approximate surface area is 143 Å². The van der Waals surface area contributed by atoms with Gasteiger partial charge in [0.25, 0.3) is 0 Å². The molecule has 1 aromatic carbocycles. The molecule has 1 aliphatic heterocycles. The molecule has 1 N–H and O–H groups in total. The molecule has 7 nitrogen and oxygen atoms in total. The molecule has 0 saturated heterocycles. The standard InChI is InChI=1S/C18H17N3O4/c1-24-15-7-12(4-5-13(15)14-8-25-9-19-14)21-17(22)16-10-2-3-11(6-10)20(16)18(21)23/h4-5,7-11,22H,2-3,6H2,1H3/t10-,11+/m1/s1. The van der Waals surface area contributed by atoms with E-state index in [0.717, 1.165) is 30.5 Å².